The van der Waals surface area contributed by atoms with E-state index in [-0.39, 0.29) is 18.4 Å². The van der Waals surface area contributed by atoms with E-state index in [0.717, 1.165) is 5.69 Å². The van der Waals surface area contributed by atoms with Gasteiger partial charge in [-0.15, -0.1) is 0 Å². The Morgan fingerprint density at radius 1 is 1.10 bits per heavy atom. The summed E-state index contributed by atoms with van der Waals surface area (Å²) in [6.07, 6.45) is 1.65. The van der Waals surface area contributed by atoms with Gasteiger partial charge in [0.2, 0.25) is 5.91 Å². The maximum Gasteiger partial charge on any atom is 0.254 e. The molecule has 2 amide bonds. The van der Waals surface area contributed by atoms with E-state index in [1.807, 2.05) is 12.1 Å². The third-order valence-corrected chi connectivity index (χ3v) is 4.40. The number of anilines is 2. The average molecular weight is 395 g/mol. The molecule has 2 N–H and O–H groups in total. The lowest BCUT2D eigenvalue weighted by atomic mass is 10.1. The van der Waals surface area contributed by atoms with Crippen LogP contribution in [0.2, 0.25) is 0 Å². The number of rotatable bonds is 8. The third kappa shape index (κ3) is 5.83. The van der Waals surface area contributed by atoms with E-state index in [1.54, 1.807) is 47.4 Å². The van der Waals surface area contributed by atoms with E-state index >= 15 is 0 Å². The molecule has 7 heteroatoms. The van der Waals surface area contributed by atoms with Crippen molar-refractivity contribution in [3.8, 4) is 5.75 Å². The summed E-state index contributed by atoms with van der Waals surface area (Å²) < 4.78 is 10.8. The Bertz CT molecular complexity index is 845. The molecule has 7 nitrogen and oxygen atoms in total. The van der Waals surface area contributed by atoms with E-state index in [1.165, 1.54) is 0 Å². The number of para-hydroxylation sites is 2. The van der Waals surface area contributed by atoms with E-state index < -0.39 is 0 Å². The SMILES string of the molecule is C=CCOc1ccccc1NC(=O)CNc1ccc(C(=O)N2CCOCC2)cc1. The Hall–Kier alpha value is -3.32. The highest BCUT2D eigenvalue weighted by Gasteiger charge is 2.18. The van der Waals surface area contributed by atoms with Crippen LogP contribution in [0.15, 0.2) is 61.2 Å². The number of morpholine rings is 1. The number of hydrogen-bond donors (Lipinski definition) is 2. The second-order valence-corrected chi connectivity index (χ2v) is 6.48. The quantitative estimate of drug-likeness (QED) is 0.672. The summed E-state index contributed by atoms with van der Waals surface area (Å²) in [5.41, 5.74) is 1.98. The van der Waals surface area contributed by atoms with Crippen LogP contribution in [0.4, 0.5) is 11.4 Å². The normalized spacial score (nSPS) is 13.4. The number of nitrogens with zero attached hydrogens (tertiary/aromatic N) is 1. The van der Waals surface area contributed by atoms with Crippen LogP contribution in [-0.2, 0) is 9.53 Å². The van der Waals surface area contributed by atoms with Crippen LogP contribution in [-0.4, -0.2) is 56.2 Å². The molecule has 0 unspecified atom stereocenters. The second kappa shape index (κ2) is 10.3. The summed E-state index contributed by atoms with van der Waals surface area (Å²) in [7, 11) is 0. The molecule has 2 aromatic carbocycles. The van der Waals surface area contributed by atoms with Gasteiger partial charge in [0.25, 0.3) is 5.91 Å². The predicted molar refractivity (Wildman–Crippen MR) is 112 cm³/mol. The Morgan fingerprint density at radius 3 is 2.55 bits per heavy atom. The van der Waals surface area contributed by atoms with Crippen molar-refractivity contribution in [1.82, 2.24) is 4.90 Å². The number of nitrogens with one attached hydrogen (secondary N) is 2. The lowest BCUT2D eigenvalue weighted by molar-refractivity contribution is -0.114. The van der Waals surface area contributed by atoms with Crippen molar-refractivity contribution in [3.63, 3.8) is 0 Å². The van der Waals surface area contributed by atoms with Crippen molar-refractivity contribution in [2.75, 3.05) is 50.1 Å². The molecule has 0 radical (unpaired) electrons. The van der Waals surface area contributed by atoms with Crippen LogP contribution in [0, 0.1) is 0 Å². The summed E-state index contributed by atoms with van der Waals surface area (Å²) in [6.45, 7) is 6.43. The van der Waals surface area contributed by atoms with E-state index in [0.29, 0.717) is 49.9 Å². The first-order valence-electron chi connectivity index (χ1n) is 9.51. The largest absolute Gasteiger partial charge is 0.487 e. The standard InChI is InChI=1S/C22H25N3O4/c1-2-13-29-20-6-4-3-5-19(20)24-21(26)16-23-18-9-7-17(8-10-18)22(27)25-11-14-28-15-12-25/h2-10,23H,1,11-16H2,(H,24,26). The van der Waals surface area contributed by atoms with Gasteiger partial charge in [0.15, 0.2) is 0 Å². The van der Waals surface area contributed by atoms with Gasteiger partial charge in [-0.1, -0.05) is 24.8 Å². The molecule has 1 aliphatic rings. The van der Waals surface area contributed by atoms with Gasteiger partial charge in [0.05, 0.1) is 25.4 Å². The van der Waals surface area contributed by atoms with Gasteiger partial charge < -0.3 is 25.0 Å². The number of hydrogen-bond acceptors (Lipinski definition) is 5. The monoisotopic (exact) mass is 395 g/mol. The first-order chi connectivity index (χ1) is 14.2. The van der Waals surface area contributed by atoms with E-state index in [9.17, 15) is 9.59 Å². The van der Waals surface area contributed by atoms with E-state index in [2.05, 4.69) is 17.2 Å². The smallest absolute Gasteiger partial charge is 0.254 e. The fourth-order valence-corrected chi connectivity index (χ4v) is 2.90. The van der Waals surface area contributed by atoms with Crippen molar-refractivity contribution >= 4 is 23.2 Å². The molecule has 0 aliphatic carbocycles. The summed E-state index contributed by atoms with van der Waals surface area (Å²) in [5.74, 6) is 0.383. The molecule has 0 bridgehead atoms. The highest BCUT2D eigenvalue weighted by Crippen LogP contribution is 2.23. The maximum absolute atomic E-state index is 12.5. The minimum Gasteiger partial charge on any atom is -0.487 e. The topological polar surface area (TPSA) is 79.9 Å². The fourth-order valence-electron chi connectivity index (χ4n) is 2.90. The molecule has 1 saturated heterocycles. The van der Waals surface area contributed by atoms with Crippen LogP contribution < -0.4 is 15.4 Å². The molecule has 1 fully saturated rings. The molecule has 1 aliphatic heterocycles. The van der Waals surface area contributed by atoms with Crippen molar-refractivity contribution in [1.29, 1.82) is 0 Å². The summed E-state index contributed by atoms with van der Waals surface area (Å²) in [4.78, 5) is 26.5. The van der Waals surface area contributed by atoms with Gasteiger partial charge in [-0.3, -0.25) is 9.59 Å². The zero-order valence-corrected chi connectivity index (χ0v) is 16.2. The molecule has 0 saturated carbocycles. The van der Waals surface area contributed by atoms with Crippen molar-refractivity contribution < 1.29 is 19.1 Å². The second-order valence-electron chi connectivity index (χ2n) is 6.48. The molecule has 0 aromatic heterocycles. The number of benzene rings is 2. The predicted octanol–water partition coefficient (Wildman–Crippen LogP) is 2.77. The highest BCUT2D eigenvalue weighted by molar-refractivity contribution is 5.96. The summed E-state index contributed by atoms with van der Waals surface area (Å²) >= 11 is 0. The average Bonchev–Trinajstić information content (AvgIpc) is 2.77. The molecule has 152 valence electrons. The van der Waals surface area contributed by atoms with Gasteiger partial charge >= 0.3 is 0 Å². The number of ether oxygens (including phenoxy) is 2. The Balaban J connectivity index is 1.51. The maximum atomic E-state index is 12.5. The van der Waals surface area contributed by atoms with Gasteiger partial charge in [-0.05, 0) is 36.4 Å². The molecule has 1 heterocycles. The van der Waals surface area contributed by atoms with Gasteiger partial charge in [0, 0.05) is 24.3 Å². The molecular weight excluding hydrogens is 370 g/mol. The summed E-state index contributed by atoms with van der Waals surface area (Å²) in [5, 5.41) is 5.89. The van der Waals surface area contributed by atoms with Crippen molar-refractivity contribution in [3.05, 3.63) is 66.7 Å². The molecular formula is C22H25N3O4. The van der Waals surface area contributed by atoms with E-state index in [4.69, 9.17) is 9.47 Å². The zero-order chi connectivity index (χ0) is 20.5. The van der Waals surface area contributed by atoms with Crippen LogP contribution in [0.5, 0.6) is 5.75 Å². The minimum atomic E-state index is -0.201. The van der Waals surface area contributed by atoms with Gasteiger partial charge in [-0.2, -0.15) is 0 Å². The molecule has 2 aromatic rings. The Labute approximate surface area is 170 Å². The Kier molecular flexibility index (Phi) is 7.24. The third-order valence-electron chi connectivity index (χ3n) is 4.40. The number of carbonyl (C=O) groups excluding carboxylic acids is 2. The van der Waals surface area contributed by atoms with Crippen LogP contribution in [0.25, 0.3) is 0 Å². The van der Waals surface area contributed by atoms with Crippen LogP contribution in [0.1, 0.15) is 10.4 Å². The van der Waals surface area contributed by atoms with Crippen molar-refractivity contribution in [2.45, 2.75) is 0 Å². The number of carbonyl (C=O) groups is 2. The van der Waals surface area contributed by atoms with Gasteiger partial charge in [0.1, 0.15) is 12.4 Å². The first-order valence-corrected chi connectivity index (χ1v) is 9.51. The molecule has 0 spiro atoms. The van der Waals surface area contributed by atoms with Gasteiger partial charge in [-0.25, -0.2) is 0 Å². The van der Waals surface area contributed by atoms with Crippen molar-refractivity contribution in [2.24, 2.45) is 0 Å². The molecule has 29 heavy (non-hydrogen) atoms. The molecule has 3 rings (SSSR count). The highest BCUT2D eigenvalue weighted by atomic mass is 16.5. The van der Waals surface area contributed by atoms with Crippen LogP contribution in [0.3, 0.4) is 0 Å². The molecule has 0 atom stereocenters. The lowest BCUT2D eigenvalue weighted by Gasteiger charge is -2.26. The zero-order valence-electron chi connectivity index (χ0n) is 16.2. The Morgan fingerprint density at radius 2 is 1.83 bits per heavy atom. The van der Waals surface area contributed by atoms with Crippen LogP contribution >= 0.6 is 0 Å². The summed E-state index contributed by atoms with van der Waals surface area (Å²) in [6, 6.07) is 14.3. The lowest BCUT2D eigenvalue weighted by Crippen LogP contribution is -2.40. The fraction of sp³-hybridized carbons (Fsp3) is 0.273. The number of amides is 2. The first kappa shape index (κ1) is 20.4. The minimum absolute atomic E-state index is 0.00581.